The van der Waals surface area contributed by atoms with Gasteiger partial charge in [0.15, 0.2) is 5.69 Å². The number of H-pyrrole nitrogens is 1. The van der Waals surface area contributed by atoms with E-state index >= 15 is 0 Å². The quantitative estimate of drug-likeness (QED) is 0.892. The lowest BCUT2D eigenvalue weighted by Gasteiger charge is -2.33. The summed E-state index contributed by atoms with van der Waals surface area (Å²) in [7, 11) is 0. The van der Waals surface area contributed by atoms with Crippen LogP contribution in [0.5, 0.6) is 0 Å². The largest absolute Gasteiger partial charge is 0.350 e. The summed E-state index contributed by atoms with van der Waals surface area (Å²) in [5, 5.41) is 11.0. The Bertz CT molecular complexity index is 664. The third-order valence-corrected chi connectivity index (χ3v) is 4.46. The molecule has 1 aromatic carbocycles. The Morgan fingerprint density at radius 2 is 2.26 bits per heavy atom. The zero-order valence-corrected chi connectivity index (χ0v) is 14.0. The van der Waals surface area contributed by atoms with Gasteiger partial charge in [0.25, 0.3) is 5.91 Å². The van der Waals surface area contributed by atoms with Gasteiger partial charge < -0.3 is 10.2 Å². The number of aromatic nitrogens is 2. The molecule has 0 bridgehead atoms. The van der Waals surface area contributed by atoms with Gasteiger partial charge in [0.1, 0.15) is 0 Å². The summed E-state index contributed by atoms with van der Waals surface area (Å²) in [5.74, 6) is 1.15. The molecule has 5 nitrogen and oxygen atoms in total. The molecule has 23 heavy (non-hydrogen) atoms. The number of carbonyl (C=O) groups is 1. The normalized spacial score (nSPS) is 19.3. The number of para-hydroxylation sites is 1. The maximum atomic E-state index is 12.4. The van der Waals surface area contributed by atoms with Gasteiger partial charge in [-0.25, -0.2) is 0 Å². The van der Waals surface area contributed by atoms with E-state index in [9.17, 15) is 4.79 Å². The number of fused-ring (bicyclic) bond motifs is 1. The first kappa shape index (κ1) is 16.0. The van der Waals surface area contributed by atoms with E-state index in [1.165, 1.54) is 19.4 Å². The van der Waals surface area contributed by atoms with Crippen LogP contribution in [0.4, 0.5) is 0 Å². The van der Waals surface area contributed by atoms with Crippen molar-refractivity contribution in [1.29, 1.82) is 0 Å². The maximum Gasteiger partial charge on any atom is 0.272 e. The fourth-order valence-electron chi connectivity index (χ4n) is 3.46. The van der Waals surface area contributed by atoms with Crippen LogP contribution >= 0.6 is 0 Å². The summed E-state index contributed by atoms with van der Waals surface area (Å²) in [4.78, 5) is 14.9. The maximum absolute atomic E-state index is 12.4. The van der Waals surface area contributed by atoms with Crippen LogP contribution in [0.15, 0.2) is 24.3 Å². The van der Waals surface area contributed by atoms with E-state index < -0.39 is 0 Å². The van der Waals surface area contributed by atoms with Crippen LogP contribution in [-0.4, -0.2) is 47.2 Å². The van der Waals surface area contributed by atoms with Gasteiger partial charge >= 0.3 is 0 Å². The summed E-state index contributed by atoms with van der Waals surface area (Å²) in [6.45, 7) is 8.66. The van der Waals surface area contributed by atoms with Crippen LogP contribution in [0.1, 0.15) is 37.2 Å². The Morgan fingerprint density at radius 1 is 1.43 bits per heavy atom. The van der Waals surface area contributed by atoms with Crippen LogP contribution in [0.25, 0.3) is 10.9 Å². The number of benzene rings is 1. The zero-order chi connectivity index (χ0) is 16.2. The second-order valence-electron chi connectivity index (χ2n) is 6.99. The van der Waals surface area contributed by atoms with E-state index in [0.29, 0.717) is 17.5 Å². The van der Waals surface area contributed by atoms with Crippen LogP contribution < -0.4 is 5.32 Å². The standard InChI is InChI=1S/C18H26N4O/c1-13(2)11-22-9-5-6-14(12-22)10-19-18(23)17-15-7-3-4-8-16(15)20-21-17/h3-4,7-8,13-14H,5-6,9-12H2,1-2H3,(H,19,23)(H,20,21). The number of amides is 1. The molecule has 1 fully saturated rings. The second-order valence-corrected chi connectivity index (χ2v) is 6.99. The average Bonchev–Trinajstić information content (AvgIpc) is 2.96. The number of likely N-dealkylation sites (tertiary alicyclic amines) is 1. The minimum atomic E-state index is -0.0802. The monoisotopic (exact) mass is 314 g/mol. The van der Waals surface area contributed by atoms with E-state index in [-0.39, 0.29) is 5.91 Å². The lowest BCUT2D eigenvalue weighted by atomic mass is 9.97. The van der Waals surface area contributed by atoms with Gasteiger partial charge in [0.2, 0.25) is 0 Å². The van der Waals surface area contributed by atoms with E-state index in [1.807, 2.05) is 24.3 Å². The molecular weight excluding hydrogens is 288 g/mol. The van der Waals surface area contributed by atoms with Crippen molar-refractivity contribution in [1.82, 2.24) is 20.4 Å². The average molecular weight is 314 g/mol. The molecule has 5 heteroatoms. The molecule has 124 valence electrons. The highest BCUT2D eigenvalue weighted by Gasteiger charge is 2.22. The third kappa shape index (κ3) is 3.91. The first-order chi connectivity index (χ1) is 11.1. The minimum Gasteiger partial charge on any atom is -0.350 e. The first-order valence-electron chi connectivity index (χ1n) is 8.57. The molecule has 0 aliphatic carbocycles. The number of nitrogens with zero attached hydrogens (tertiary/aromatic N) is 2. The van der Waals surface area contributed by atoms with Crippen LogP contribution in [0.3, 0.4) is 0 Å². The molecule has 2 heterocycles. The van der Waals surface area contributed by atoms with Crippen molar-refractivity contribution < 1.29 is 4.79 Å². The summed E-state index contributed by atoms with van der Waals surface area (Å²) in [6.07, 6.45) is 2.41. The summed E-state index contributed by atoms with van der Waals surface area (Å²) >= 11 is 0. The molecule has 1 aromatic heterocycles. The highest BCUT2D eigenvalue weighted by Crippen LogP contribution is 2.18. The van der Waals surface area contributed by atoms with Crippen molar-refractivity contribution in [3.63, 3.8) is 0 Å². The van der Waals surface area contributed by atoms with Gasteiger partial charge in [-0.05, 0) is 37.3 Å². The van der Waals surface area contributed by atoms with Gasteiger partial charge in [-0.1, -0.05) is 32.0 Å². The Labute approximate surface area is 137 Å². The second kappa shape index (κ2) is 7.13. The highest BCUT2D eigenvalue weighted by molar-refractivity contribution is 6.04. The van der Waals surface area contributed by atoms with Gasteiger partial charge in [-0.2, -0.15) is 5.10 Å². The van der Waals surface area contributed by atoms with Crippen molar-refractivity contribution in [3.8, 4) is 0 Å². The Hall–Kier alpha value is -1.88. The third-order valence-electron chi connectivity index (χ3n) is 4.46. The molecule has 1 aliphatic heterocycles. The number of nitrogens with one attached hydrogen (secondary N) is 2. The Morgan fingerprint density at radius 3 is 3.09 bits per heavy atom. The summed E-state index contributed by atoms with van der Waals surface area (Å²) in [5.41, 5.74) is 1.40. The van der Waals surface area contributed by atoms with Crippen molar-refractivity contribution in [2.45, 2.75) is 26.7 Å². The SMILES string of the molecule is CC(C)CN1CCCC(CNC(=O)c2n[nH]c3ccccc23)C1. The minimum absolute atomic E-state index is 0.0802. The molecule has 1 saturated heterocycles. The van der Waals surface area contributed by atoms with E-state index in [4.69, 9.17) is 0 Å². The van der Waals surface area contributed by atoms with Gasteiger partial charge in [-0.3, -0.25) is 9.89 Å². The molecular formula is C18H26N4O. The molecule has 1 unspecified atom stereocenters. The Balaban J connectivity index is 1.56. The number of rotatable bonds is 5. The molecule has 3 rings (SSSR count). The topological polar surface area (TPSA) is 61.0 Å². The van der Waals surface area contributed by atoms with Crippen LogP contribution in [0.2, 0.25) is 0 Å². The number of aromatic amines is 1. The summed E-state index contributed by atoms with van der Waals surface area (Å²) < 4.78 is 0. The van der Waals surface area contributed by atoms with E-state index in [1.54, 1.807) is 0 Å². The number of piperidine rings is 1. The van der Waals surface area contributed by atoms with Crippen molar-refractivity contribution >= 4 is 16.8 Å². The molecule has 0 saturated carbocycles. The highest BCUT2D eigenvalue weighted by atomic mass is 16.1. The molecule has 0 spiro atoms. The molecule has 0 radical (unpaired) electrons. The van der Waals surface area contributed by atoms with Crippen molar-refractivity contribution in [3.05, 3.63) is 30.0 Å². The number of hydrogen-bond donors (Lipinski definition) is 2. The predicted molar refractivity (Wildman–Crippen MR) is 92.4 cm³/mol. The predicted octanol–water partition coefficient (Wildman–Crippen LogP) is 2.66. The molecule has 1 aliphatic rings. The zero-order valence-electron chi connectivity index (χ0n) is 14.0. The van der Waals surface area contributed by atoms with Crippen molar-refractivity contribution in [2.24, 2.45) is 11.8 Å². The fourth-order valence-corrected chi connectivity index (χ4v) is 3.46. The van der Waals surface area contributed by atoms with Gasteiger partial charge in [0, 0.05) is 25.0 Å². The molecule has 2 aromatic rings. The lowest BCUT2D eigenvalue weighted by molar-refractivity contribution is 0.0926. The molecule has 1 atom stereocenters. The number of hydrogen-bond acceptors (Lipinski definition) is 3. The molecule has 1 amide bonds. The van der Waals surface area contributed by atoms with E-state index in [2.05, 4.69) is 34.3 Å². The number of carbonyl (C=O) groups excluding carboxylic acids is 1. The smallest absolute Gasteiger partial charge is 0.272 e. The first-order valence-corrected chi connectivity index (χ1v) is 8.57. The van der Waals surface area contributed by atoms with Crippen molar-refractivity contribution in [2.75, 3.05) is 26.2 Å². The lowest BCUT2D eigenvalue weighted by Crippen LogP contribution is -2.42. The van der Waals surface area contributed by atoms with Gasteiger partial charge in [0.05, 0.1) is 5.52 Å². The van der Waals surface area contributed by atoms with Crippen LogP contribution in [0, 0.1) is 11.8 Å². The van der Waals surface area contributed by atoms with E-state index in [0.717, 1.165) is 30.5 Å². The molecule has 2 N–H and O–H groups in total. The van der Waals surface area contributed by atoms with Gasteiger partial charge in [-0.15, -0.1) is 0 Å². The van der Waals surface area contributed by atoms with Crippen LogP contribution in [-0.2, 0) is 0 Å². The summed E-state index contributed by atoms with van der Waals surface area (Å²) in [6, 6.07) is 7.73. The fraction of sp³-hybridized carbons (Fsp3) is 0.556. The Kier molecular flexibility index (Phi) is 4.96.